The van der Waals surface area contributed by atoms with Crippen LogP contribution >= 0.6 is 0 Å². The van der Waals surface area contributed by atoms with Crippen molar-refractivity contribution in [1.29, 1.82) is 0 Å². The molecule has 0 spiro atoms. The smallest absolute Gasteiger partial charge is 0.303 e. The standard InChI is InChI=1S/C14H22O4/c1-9-6-7-12(8-13(9)17-10(2)15)14(4,5)18-11(3)16/h6,12-13H,7-8H2,1-5H3. The van der Waals surface area contributed by atoms with Crippen molar-refractivity contribution in [2.75, 3.05) is 0 Å². The van der Waals surface area contributed by atoms with Gasteiger partial charge in [0.05, 0.1) is 0 Å². The lowest BCUT2D eigenvalue weighted by molar-refractivity contribution is -0.162. The van der Waals surface area contributed by atoms with E-state index in [2.05, 4.69) is 6.08 Å². The average Bonchev–Trinajstić information content (AvgIpc) is 2.18. The first kappa shape index (κ1) is 14.7. The van der Waals surface area contributed by atoms with E-state index in [0.717, 1.165) is 12.0 Å². The zero-order valence-corrected chi connectivity index (χ0v) is 11.8. The highest BCUT2D eigenvalue weighted by atomic mass is 16.6. The molecule has 0 saturated carbocycles. The summed E-state index contributed by atoms with van der Waals surface area (Å²) in [6.45, 7) is 8.59. The average molecular weight is 254 g/mol. The van der Waals surface area contributed by atoms with E-state index in [9.17, 15) is 9.59 Å². The molecular weight excluding hydrogens is 232 g/mol. The molecule has 0 fully saturated rings. The second-order valence-electron chi connectivity index (χ2n) is 5.41. The number of ether oxygens (including phenoxy) is 2. The molecule has 2 unspecified atom stereocenters. The van der Waals surface area contributed by atoms with E-state index in [1.54, 1.807) is 0 Å². The van der Waals surface area contributed by atoms with Crippen molar-refractivity contribution >= 4 is 11.9 Å². The van der Waals surface area contributed by atoms with Crippen LogP contribution in [0.1, 0.15) is 47.5 Å². The lowest BCUT2D eigenvalue weighted by Gasteiger charge is -2.38. The van der Waals surface area contributed by atoms with Crippen molar-refractivity contribution in [2.45, 2.75) is 59.2 Å². The minimum atomic E-state index is -0.540. The van der Waals surface area contributed by atoms with Gasteiger partial charge in [0.2, 0.25) is 0 Å². The Balaban J connectivity index is 2.76. The van der Waals surface area contributed by atoms with E-state index in [4.69, 9.17) is 9.47 Å². The Morgan fingerprint density at radius 1 is 1.28 bits per heavy atom. The summed E-state index contributed by atoms with van der Waals surface area (Å²) < 4.78 is 10.6. The van der Waals surface area contributed by atoms with Gasteiger partial charge in [0.25, 0.3) is 0 Å². The van der Waals surface area contributed by atoms with Gasteiger partial charge >= 0.3 is 11.9 Å². The maximum absolute atomic E-state index is 11.1. The van der Waals surface area contributed by atoms with E-state index in [-0.39, 0.29) is 24.0 Å². The first-order valence-corrected chi connectivity index (χ1v) is 6.26. The monoisotopic (exact) mass is 254 g/mol. The van der Waals surface area contributed by atoms with Crippen molar-refractivity contribution in [3.05, 3.63) is 11.6 Å². The van der Waals surface area contributed by atoms with Gasteiger partial charge in [-0.2, -0.15) is 0 Å². The summed E-state index contributed by atoms with van der Waals surface area (Å²) in [5, 5.41) is 0. The van der Waals surface area contributed by atoms with Crippen LogP contribution in [0.25, 0.3) is 0 Å². The number of allylic oxidation sites excluding steroid dienone is 1. The molecule has 0 radical (unpaired) electrons. The molecule has 0 aromatic carbocycles. The summed E-state index contributed by atoms with van der Waals surface area (Å²) >= 11 is 0. The van der Waals surface area contributed by atoms with Crippen LogP contribution in [0, 0.1) is 5.92 Å². The van der Waals surface area contributed by atoms with Crippen LogP contribution in [-0.4, -0.2) is 23.6 Å². The van der Waals surface area contributed by atoms with Crippen molar-refractivity contribution in [3.8, 4) is 0 Å². The van der Waals surface area contributed by atoms with Crippen molar-refractivity contribution in [3.63, 3.8) is 0 Å². The largest absolute Gasteiger partial charge is 0.460 e. The molecule has 1 aliphatic carbocycles. The molecule has 0 aromatic heterocycles. The molecule has 0 bridgehead atoms. The summed E-state index contributed by atoms with van der Waals surface area (Å²) in [6, 6.07) is 0. The third-order valence-corrected chi connectivity index (χ3v) is 3.43. The molecule has 1 rings (SSSR count). The minimum Gasteiger partial charge on any atom is -0.460 e. The fraction of sp³-hybridized carbons (Fsp3) is 0.714. The van der Waals surface area contributed by atoms with Crippen LogP contribution in [-0.2, 0) is 19.1 Å². The van der Waals surface area contributed by atoms with Crippen LogP contribution in [0.2, 0.25) is 0 Å². The Morgan fingerprint density at radius 2 is 1.89 bits per heavy atom. The van der Waals surface area contributed by atoms with Gasteiger partial charge in [0, 0.05) is 19.8 Å². The Kier molecular flexibility index (Phi) is 4.54. The number of carbonyl (C=O) groups excluding carboxylic acids is 2. The highest BCUT2D eigenvalue weighted by molar-refractivity contribution is 5.67. The second kappa shape index (κ2) is 5.55. The van der Waals surface area contributed by atoms with Gasteiger partial charge in [-0.05, 0) is 39.2 Å². The van der Waals surface area contributed by atoms with E-state index >= 15 is 0 Å². The third-order valence-electron chi connectivity index (χ3n) is 3.43. The zero-order valence-electron chi connectivity index (χ0n) is 11.8. The molecule has 1 aliphatic rings. The first-order chi connectivity index (χ1) is 8.22. The molecular formula is C14H22O4. The normalized spacial score (nSPS) is 24.2. The van der Waals surface area contributed by atoms with Gasteiger partial charge in [-0.25, -0.2) is 0 Å². The summed E-state index contributed by atoms with van der Waals surface area (Å²) in [5.74, 6) is -0.400. The molecule has 0 saturated heterocycles. The van der Waals surface area contributed by atoms with Gasteiger partial charge in [0.15, 0.2) is 0 Å². The summed E-state index contributed by atoms with van der Waals surface area (Å²) in [6.07, 6.45) is 3.40. The third kappa shape index (κ3) is 3.86. The minimum absolute atomic E-state index is 0.162. The molecule has 0 aliphatic heterocycles. The topological polar surface area (TPSA) is 52.6 Å². The van der Waals surface area contributed by atoms with Gasteiger partial charge in [-0.15, -0.1) is 0 Å². The van der Waals surface area contributed by atoms with Crippen LogP contribution < -0.4 is 0 Å². The lowest BCUT2D eigenvalue weighted by atomic mass is 9.78. The van der Waals surface area contributed by atoms with E-state index in [1.165, 1.54) is 13.8 Å². The number of hydrogen-bond acceptors (Lipinski definition) is 4. The van der Waals surface area contributed by atoms with Gasteiger partial charge in [-0.1, -0.05) is 6.08 Å². The Hall–Kier alpha value is -1.32. The van der Waals surface area contributed by atoms with E-state index in [0.29, 0.717) is 6.42 Å². The van der Waals surface area contributed by atoms with Crippen LogP contribution in [0.4, 0.5) is 0 Å². The fourth-order valence-corrected chi connectivity index (χ4v) is 2.36. The Bertz CT molecular complexity index is 368. The highest BCUT2D eigenvalue weighted by Crippen LogP contribution is 2.35. The van der Waals surface area contributed by atoms with Crippen molar-refractivity contribution in [1.82, 2.24) is 0 Å². The number of carbonyl (C=O) groups is 2. The van der Waals surface area contributed by atoms with Crippen LogP contribution in [0.3, 0.4) is 0 Å². The molecule has 4 heteroatoms. The molecule has 102 valence electrons. The SMILES string of the molecule is CC(=O)OC1CC(C(C)(C)OC(C)=O)CC=C1C. The molecule has 2 atom stereocenters. The molecule has 0 aromatic rings. The molecule has 18 heavy (non-hydrogen) atoms. The summed E-state index contributed by atoms with van der Waals surface area (Å²) in [7, 11) is 0. The lowest BCUT2D eigenvalue weighted by Crippen LogP contribution is -2.40. The molecule has 0 N–H and O–H groups in total. The Morgan fingerprint density at radius 3 is 2.39 bits per heavy atom. The van der Waals surface area contributed by atoms with Gasteiger partial charge in [0.1, 0.15) is 11.7 Å². The maximum atomic E-state index is 11.1. The fourth-order valence-electron chi connectivity index (χ4n) is 2.36. The van der Waals surface area contributed by atoms with E-state index < -0.39 is 5.60 Å². The van der Waals surface area contributed by atoms with Gasteiger partial charge < -0.3 is 9.47 Å². The van der Waals surface area contributed by atoms with Crippen LogP contribution in [0.5, 0.6) is 0 Å². The van der Waals surface area contributed by atoms with Crippen molar-refractivity contribution < 1.29 is 19.1 Å². The second-order valence-corrected chi connectivity index (χ2v) is 5.41. The summed E-state index contributed by atoms with van der Waals surface area (Å²) in [4.78, 5) is 22.2. The van der Waals surface area contributed by atoms with Crippen LogP contribution in [0.15, 0.2) is 11.6 Å². The molecule has 0 amide bonds. The predicted octanol–water partition coefficient (Wildman–Crippen LogP) is 2.62. The number of esters is 2. The molecule has 0 heterocycles. The molecule has 4 nitrogen and oxygen atoms in total. The quantitative estimate of drug-likeness (QED) is 0.574. The highest BCUT2D eigenvalue weighted by Gasteiger charge is 2.37. The zero-order chi connectivity index (χ0) is 13.9. The summed E-state index contributed by atoms with van der Waals surface area (Å²) in [5.41, 5.74) is 0.529. The number of rotatable bonds is 3. The van der Waals surface area contributed by atoms with Gasteiger partial charge in [-0.3, -0.25) is 9.59 Å². The Labute approximate surface area is 108 Å². The van der Waals surface area contributed by atoms with E-state index in [1.807, 2.05) is 20.8 Å². The number of hydrogen-bond donors (Lipinski definition) is 0. The first-order valence-electron chi connectivity index (χ1n) is 6.26. The van der Waals surface area contributed by atoms with Crippen molar-refractivity contribution in [2.24, 2.45) is 5.92 Å². The predicted molar refractivity (Wildman–Crippen MR) is 67.9 cm³/mol. The maximum Gasteiger partial charge on any atom is 0.303 e.